The van der Waals surface area contributed by atoms with Crippen LogP contribution in [0.15, 0.2) is 42.5 Å². The molecule has 0 spiro atoms. The monoisotopic (exact) mass is 276 g/mol. The zero-order valence-corrected chi connectivity index (χ0v) is 10.7. The molecular weight excluding hydrogens is 262 g/mol. The summed E-state index contributed by atoms with van der Waals surface area (Å²) in [5.74, 6) is -1.90. The van der Waals surface area contributed by atoms with Crippen molar-refractivity contribution in [3.8, 4) is 0 Å². The van der Waals surface area contributed by atoms with Crippen molar-refractivity contribution in [2.75, 3.05) is 11.9 Å². The number of hydrogen-bond acceptors (Lipinski definition) is 2. The smallest absolute Gasteiger partial charge is 0.255 e. The van der Waals surface area contributed by atoms with Crippen LogP contribution in [0.5, 0.6) is 0 Å². The van der Waals surface area contributed by atoms with Crippen LogP contribution in [-0.4, -0.2) is 12.5 Å². The first-order valence-corrected chi connectivity index (χ1v) is 6.15. The molecule has 2 aromatic carbocycles. The fourth-order valence-electron chi connectivity index (χ4n) is 1.86. The molecule has 2 rings (SSSR count). The summed E-state index contributed by atoms with van der Waals surface area (Å²) < 4.78 is 26.1. The van der Waals surface area contributed by atoms with E-state index in [4.69, 9.17) is 5.73 Å². The van der Waals surface area contributed by atoms with Gasteiger partial charge < -0.3 is 11.1 Å². The van der Waals surface area contributed by atoms with Crippen molar-refractivity contribution in [3.63, 3.8) is 0 Å². The standard InChI is InChI=1S/C15H14F2N2O/c16-12-7-13(17)9-14(8-12)19-15(20)11-3-1-2-10(6-11)4-5-18/h1-3,6-9H,4-5,18H2,(H,19,20). The molecule has 0 aliphatic rings. The predicted octanol–water partition coefficient (Wildman–Crippen LogP) is 2.72. The van der Waals surface area contributed by atoms with E-state index in [0.717, 1.165) is 23.8 Å². The zero-order chi connectivity index (χ0) is 14.5. The molecule has 20 heavy (non-hydrogen) atoms. The van der Waals surface area contributed by atoms with E-state index >= 15 is 0 Å². The molecule has 0 aliphatic heterocycles. The molecule has 0 radical (unpaired) electrons. The van der Waals surface area contributed by atoms with Crippen LogP contribution in [0.1, 0.15) is 15.9 Å². The Morgan fingerprint density at radius 1 is 1.10 bits per heavy atom. The van der Waals surface area contributed by atoms with Crippen molar-refractivity contribution in [2.45, 2.75) is 6.42 Å². The van der Waals surface area contributed by atoms with E-state index in [1.54, 1.807) is 18.2 Å². The molecule has 0 aromatic heterocycles. The van der Waals surface area contributed by atoms with Crippen LogP contribution < -0.4 is 11.1 Å². The van der Waals surface area contributed by atoms with Crippen LogP contribution in [0.25, 0.3) is 0 Å². The SMILES string of the molecule is NCCc1cccc(C(=O)Nc2cc(F)cc(F)c2)c1. The second-order valence-electron chi connectivity index (χ2n) is 4.35. The van der Waals surface area contributed by atoms with Crippen LogP contribution in [0.2, 0.25) is 0 Å². The highest BCUT2D eigenvalue weighted by molar-refractivity contribution is 6.04. The number of hydrogen-bond donors (Lipinski definition) is 2. The van der Waals surface area contributed by atoms with E-state index in [1.807, 2.05) is 6.07 Å². The number of benzene rings is 2. The lowest BCUT2D eigenvalue weighted by Crippen LogP contribution is -2.13. The molecule has 2 aromatic rings. The maximum Gasteiger partial charge on any atom is 0.255 e. The van der Waals surface area contributed by atoms with Gasteiger partial charge in [-0.2, -0.15) is 0 Å². The third-order valence-corrected chi connectivity index (χ3v) is 2.74. The molecule has 0 saturated heterocycles. The first kappa shape index (κ1) is 14.1. The van der Waals surface area contributed by atoms with Gasteiger partial charge in [-0.25, -0.2) is 8.78 Å². The van der Waals surface area contributed by atoms with Gasteiger partial charge in [-0.15, -0.1) is 0 Å². The van der Waals surface area contributed by atoms with E-state index in [0.29, 0.717) is 18.5 Å². The second kappa shape index (κ2) is 6.25. The molecule has 0 heterocycles. The van der Waals surface area contributed by atoms with E-state index in [1.165, 1.54) is 0 Å². The number of nitrogens with two attached hydrogens (primary N) is 1. The summed E-state index contributed by atoms with van der Waals surface area (Å²) in [7, 11) is 0. The van der Waals surface area contributed by atoms with Gasteiger partial charge in [-0.1, -0.05) is 12.1 Å². The molecule has 5 heteroatoms. The Bertz CT molecular complexity index is 609. The predicted molar refractivity (Wildman–Crippen MR) is 73.5 cm³/mol. The number of rotatable bonds is 4. The van der Waals surface area contributed by atoms with Crippen LogP contribution in [-0.2, 0) is 6.42 Å². The highest BCUT2D eigenvalue weighted by Gasteiger charge is 2.08. The first-order valence-electron chi connectivity index (χ1n) is 6.15. The quantitative estimate of drug-likeness (QED) is 0.902. The number of carbonyl (C=O) groups is 1. The summed E-state index contributed by atoms with van der Waals surface area (Å²) in [6, 6.07) is 9.81. The van der Waals surface area contributed by atoms with Crippen LogP contribution >= 0.6 is 0 Å². The Labute approximate surface area is 115 Å². The second-order valence-corrected chi connectivity index (χ2v) is 4.35. The van der Waals surface area contributed by atoms with Gasteiger partial charge in [0, 0.05) is 17.3 Å². The Kier molecular flexibility index (Phi) is 4.42. The summed E-state index contributed by atoms with van der Waals surface area (Å²) in [5.41, 5.74) is 6.89. The lowest BCUT2D eigenvalue weighted by atomic mass is 10.1. The molecule has 0 fully saturated rings. The highest BCUT2D eigenvalue weighted by atomic mass is 19.1. The Hall–Kier alpha value is -2.27. The van der Waals surface area contributed by atoms with E-state index in [9.17, 15) is 13.6 Å². The van der Waals surface area contributed by atoms with Gasteiger partial charge in [0.2, 0.25) is 0 Å². The van der Waals surface area contributed by atoms with E-state index < -0.39 is 17.5 Å². The summed E-state index contributed by atoms with van der Waals surface area (Å²) in [6.45, 7) is 0.486. The van der Waals surface area contributed by atoms with Crippen molar-refractivity contribution in [2.24, 2.45) is 5.73 Å². The van der Waals surface area contributed by atoms with Gasteiger partial charge in [0.05, 0.1) is 0 Å². The Balaban J connectivity index is 2.17. The van der Waals surface area contributed by atoms with Gasteiger partial charge in [0.25, 0.3) is 5.91 Å². The summed E-state index contributed by atoms with van der Waals surface area (Å²) in [6.07, 6.45) is 0.662. The van der Waals surface area contributed by atoms with E-state index in [2.05, 4.69) is 5.32 Å². The van der Waals surface area contributed by atoms with Gasteiger partial charge in [-0.05, 0) is 42.8 Å². The molecular formula is C15H14F2N2O. The maximum atomic E-state index is 13.0. The minimum atomic E-state index is -0.739. The first-order chi connectivity index (χ1) is 9.58. The third-order valence-electron chi connectivity index (χ3n) is 2.74. The highest BCUT2D eigenvalue weighted by Crippen LogP contribution is 2.15. The fraction of sp³-hybridized carbons (Fsp3) is 0.133. The van der Waals surface area contributed by atoms with E-state index in [-0.39, 0.29) is 5.69 Å². The number of carbonyl (C=O) groups excluding carboxylic acids is 1. The third kappa shape index (κ3) is 3.61. The molecule has 104 valence electrons. The van der Waals surface area contributed by atoms with Crippen molar-refractivity contribution in [3.05, 3.63) is 65.2 Å². The molecule has 3 N–H and O–H groups in total. The lowest BCUT2D eigenvalue weighted by Gasteiger charge is -2.07. The average Bonchev–Trinajstić information content (AvgIpc) is 2.38. The van der Waals surface area contributed by atoms with Crippen molar-refractivity contribution >= 4 is 11.6 Å². The number of halogens is 2. The number of amides is 1. The normalized spacial score (nSPS) is 10.3. The molecule has 0 aliphatic carbocycles. The molecule has 0 atom stereocenters. The van der Waals surface area contributed by atoms with Gasteiger partial charge in [-0.3, -0.25) is 4.79 Å². The van der Waals surface area contributed by atoms with Crippen molar-refractivity contribution in [1.82, 2.24) is 0 Å². The fourth-order valence-corrected chi connectivity index (χ4v) is 1.86. The molecule has 0 bridgehead atoms. The Morgan fingerprint density at radius 2 is 1.80 bits per heavy atom. The van der Waals surface area contributed by atoms with Crippen LogP contribution in [0.4, 0.5) is 14.5 Å². The Morgan fingerprint density at radius 3 is 2.45 bits per heavy atom. The van der Waals surface area contributed by atoms with Crippen molar-refractivity contribution < 1.29 is 13.6 Å². The number of anilines is 1. The molecule has 3 nitrogen and oxygen atoms in total. The van der Waals surface area contributed by atoms with Gasteiger partial charge in [0.1, 0.15) is 11.6 Å². The maximum absolute atomic E-state index is 13.0. The largest absolute Gasteiger partial charge is 0.330 e. The zero-order valence-electron chi connectivity index (χ0n) is 10.7. The minimum Gasteiger partial charge on any atom is -0.330 e. The van der Waals surface area contributed by atoms with Crippen molar-refractivity contribution in [1.29, 1.82) is 0 Å². The minimum absolute atomic E-state index is 0.0803. The molecule has 0 saturated carbocycles. The molecule has 1 amide bonds. The van der Waals surface area contributed by atoms with Gasteiger partial charge in [0.15, 0.2) is 0 Å². The molecule has 0 unspecified atom stereocenters. The summed E-state index contributed by atoms with van der Waals surface area (Å²) in [4.78, 5) is 12.0. The summed E-state index contributed by atoms with van der Waals surface area (Å²) >= 11 is 0. The van der Waals surface area contributed by atoms with Crippen LogP contribution in [0.3, 0.4) is 0 Å². The number of nitrogens with one attached hydrogen (secondary N) is 1. The van der Waals surface area contributed by atoms with Gasteiger partial charge >= 0.3 is 0 Å². The average molecular weight is 276 g/mol. The topological polar surface area (TPSA) is 55.1 Å². The lowest BCUT2D eigenvalue weighted by molar-refractivity contribution is 0.102. The summed E-state index contributed by atoms with van der Waals surface area (Å²) in [5, 5.41) is 2.46. The van der Waals surface area contributed by atoms with Crippen LogP contribution in [0, 0.1) is 11.6 Å².